The van der Waals surface area contributed by atoms with Gasteiger partial charge in [-0.05, 0) is 37.0 Å². The summed E-state index contributed by atoms with van der Waals surface area (Å²) in [5.41, 5.74) is 8.57. The van der Waals surface area contributed by atoms with E-state index in [0.717, 1.165) is 35.3 Å². The van der Waals surface area contributed by atoms with Gasteiger partial charge >= 0.3 is 0 Å². The standard InChI is InChI=1S/C13H14ClN3O2/c1-7-8-3-2-4-18-12(8)10(14)5-9(7)13-16-11(6-15)19-17-13/h5H,2-4,6,15H2,1H3. The summed E-state index contributed by atoms with van der Waals surface area (Å²) in [6.45, 7) is 2.97. The maximum atomic E-state index is 6.27. The number of hydrogen-bond donors (Lipinski definition) is 1. The Morgan fingerprint density at radius 1 is 1.47 bits per heavy atom. The fourth-order valence-electron chi connectivity index (χ4n) is 2.34. The Labute approximate surface area is 115 Å². The van der Waals surface area contributed by atoms with E-state index in [1.54, 1.807) is 0 Å². The van der Waals surface area contributed by atoms with E-state index >= 15 is 0 Å². The third-order valence-electron chi connectivity index (χ3n) is 3.32. The number of nitrogens with two attached hydrogens (primary N) is 1. The lowest BCUT2D eigenvalue weighted by Gasteiger charge is -2.21. The third-order valence-corrected chi connectivity index (χ3v) is 3.60. The minimum absolute atomic E-state index is 0.230. The van der Waals surface area contributed by atoms with Gasteiger partial charge < -0.3 is 15.0 Å². The molecule has 0 spiro atoms. The molecule has 1 aliphatic rings. The van der Waals surface area contributed by atoms with Crippen LogP contribution >= 0.6 is 11.6 Å². The zero-order valence-electron chi connectivity index (χ0n) is 10.6. The van der Waals surface area contributed by atoms with Crippen LogP contribution in [0, 0.1) is 6.92 Å². The zero-order valence-corrected chi connectivity index (χ0v) is 11.3. The van der Waals surface area contributed by atoms with Crippen molar-refractivity contribution in [3.63, 3.8) is 0 Å². The molecule has 0 saturated carbocycles. The van der Waals surface area contributed by atoms with Gasteiger partial charge in [-0.25, -0.2) is 0 Å². The average molecular weight is 280 g/mol. The molecule has 0 bridgehead atoms. The van der Waals surface area contributed by atoms with E-state index < -0.39 is 0 Å². The predicted molar refractivity (Wildman–Crippen MR) is 71.2 cm³/mol. The topological polar surface area (TPSA) is 74.2 Å². The molecule has 19 heavy (non-hydrogen) atoms. The van der Waals surface area contributed by atoms with Crippen molar-refractivity contribution in [2.75, 3.05) is 6.61 Å². The van der Waals surface area contributed by atoms with Crippen LogP contribution < -0.4 is 10.5 Å². The molecule has 3 rings (SSSR count). The smallest absolute Gasteiger partial charge is 0.240 e. The molecule has 0 aliphatic carbocycles. The summed E-state index contributed by atoms with van der Waals surface area (Å²) >= 11 is 6.27. The molecule has 0 atom stereocenters. The molecule has 100 valence electrons. The van der Waals surface area contributed by atoms with Crippen LogP contribution in [0.2, 0.25) is 5.02 Å². The van der Waals surface area contributed by atoms with Crippen molar-refractivity contribution in [3.8, 4) is 17.1 Å². The van der Waals surface area contributed by atoms with Gasteiger partial charge in [-0.1, -0.05) is 16.8 Å². The summed E-state index contributed by atoms with van der Waals surface area (Å²) in [7, 11) is 0. The van der Waals surface area contributed by atoms with Gasteiger partial charge in [-0.3, -0.25) is 0 Å². The van der Waals surface area contributed by atoms with Gasteiger partial charge in [0.15, 0.2) is 0 Å². The summed E-state index contributed by atoms with van der Waals surface area (Å²) in [5, 5.41) is 4.53. The first-order valence-electron chi connectivity index (χ1n) is 6.18. The molecule has 0 fully saturated rings. The Morgan fingerprint density at radius 3 is 3.05 bits per heavy atom. The highest BCUT2D eigenvalue weighted by Crippen LogP contribution is 2.39. The Morgan fingerprint density at radius 2 is 2.32 bits per heavy atom. The number of nitrogens with zero attached hydrogens (tertiary/aromatic N) is 2. The van der Waals surface area contributed by atoms with Crippen molar-refractivity contribution in [3.05, 3.63) is 28.1 Å². The van der Waals surface area contributed by atoms with Gasteiger partial charge in [0, 0.05) is 5.56 Å². The van der Waals surface area contributed by atoms with Crippen LogP contribution in [0.4, 0.5) is 0 Å². The predicted octanol–water partition coefficient (Wildman–Crippen LogP) is 2.48. The molecule has 2 N–H and O–H groups in total. The summed E-state index contributed by atoms with van der Waals surface area (Å²) in [5.74, 6) is 1.73. The van der Waals surface area contributed by atoms with Gasteiger partial charge in [0.1, 0.15) is 5.75 Å². The number of benzene rings is 1. The van der Waals surface area contributed by atoms with Gasteiger partial charge in [0.25, 0.3) is 0 Å². The van der Waals surface area contributed by atoms with E-state index in [9.17, 15) is 0 Å². The molecule has 6 heteroatoms. The molecule has 5 nitrogen and oxygen atoms in total. The minimum atomic E-state index is 0.230. The Kier molecular flexibility index (Phi) is 3.16. The molecule has 2 heterocycles. The quantitative estimate of drug-likeness (QED) is 0.914. The summed E-state index contributed by atoms with van der Waals surface area (Å²) < 4.78 is 10.7. The molecule has 0 amide bonds. The van der Waals surface area contributed by atoms with Crippen molar-refractivity contribution in [2.24, 2.45) is 5.73 Å². The van der Waals surface area contributed by atoms with E-state index in [1.807, 2.05) is 13.0 Å². The van der Waals surface area contributed by atoms with Crippen LogP contribution in [-0.4, -0.2) is 16.7 Å². The molecule has 0 radical (unpaired) electrons. The fourth-order valence-corrected chi connectivity index (χ4v) is 2.61. The number of fused-ring (bicyclic) bond motifs is 1. The lowest BCUT2D eigenvalue weighted by Crippen LogP contribution is -2.11. The highest BCUT2D eigenvalue weighted by atomic mass is 35.5. The summed E-state index contributed by atoms with van der Waals surface area (Å²) in [4.78, 5) is 4.25. The first-order valence-corrected chi connectivity index (χ1v) is 6.56. The molecule has 2 aromatic rings. The van der Waals surface area contributed by atoms with Crippen molar-refractivity contribution >= 4 is 11.6 Å². The first kappa shape index (κ1) is 12.4. The van der Waals surface area contributed by atoms with Gasteiger partial charge in [0.05, 0.1) is 18.2 Å². The van der Waals surface area contributed by atoms with Crippen LogP contribution in [0.25, 0.3) is 11.4 Å². The Bertz CT molecular complexity index is 625. The maximum Gasteiger partial charge on any atom is 0.240 e. The normalized spacial score (nSPS) is 14.1. The van der Waals surface area contributed by atoms with Crippen LogP contribution in [-0.2, 0) is 13.0 Å². The van der Waals surface area contributed by atoms with Crippen molar-refractivity contribution in [1.29, 1.82) is 0 Å². The second-order valence-electron chi connectivity index (χ2n) is 4.51. The maximum absolute atomic E-state index is 6.27. The zero-order chi connectivity index (χ0) is 13.4. The fraction of sp³-hybridized carbons (Fsp3) is 0.385. The summed E-state index contributed by atoms with van der Waals surface area (Å²) in [6, 6.07) is 1.83. The SMILES string of the molecule is Cc1c(-c2noc(CN)n2)cc(Cl)c2c1CCCO2. The Balaban J connectivity index is 2.14. The van der Waals surface area contributed by atoms with Crippen molar-refractivity contribution < 1.29 is 9.26 Å². The second kappa shape index (κ2) is 4.83. The number of aromatic nitrogens is 2. The molecule has 1 aromatic carbocycles. The van der Waals surface area contributed by atoms with E-state index in [4.69, 9.17) is 26.6 Å². The second-order valence-corrected chi connectivity index (χ2v) is 4.91. The van der Waals surface area contributed by atoms with Gasteiger partial charge in [-0.2, -0.15) is 4.98 Å². The first-order chi connectivity index (χ1) is 9.20. The van der Waals surface area contributed by atoms with E-state index in [1.165, 1.54) is 0 Å². The molecule has 1 aromatic heterocycles. The number of hydrogen-bond acceptors (Lipinski definition) is 5. The number of halogens is 1. The molecule has 0 unspecified atom stereocenters. The van der Waals surface area contributed by atoms with E-state index in [2.05, 4.69) is 10.1 Å². The van der Waals surface area contributed by atoms with Crippen molar-refractivity contribution in [2.45, 2.75) is 26.3 Å². The largest absolute Gasteiger partial charge is 0.492 e. The number of rotatable bonds is 2. The minimum Gasteiger partial charge on any atom is -0.492 e. The lowest BCUT2D eigenvalue weighted by molar-refractivity contribution is 0.288. The third kappa shape index (κ3) is 2.09. The number of ether oxygens (including phenoxy) is 1. The van der Waals surface area contributed by atoms with Crippen LogP contribution in [0.3, 0.4) is 0 Å². The van der Waals surface area contributed by atoms with Crippen LogP contribution in [0.1, 0.15) is 23.4 Å². The average Bonchev–Trinajstić information content (AvgIpc) is 2.91. The van der Waals surface area contributed by atoms with Gasteiger partial charge in [-0.15, -0.1) is 0 Å². The van der Waals surface area contributed by atoms with E-state index in [0.29, 0.717) is 23.3 Å². The highest BCUT2D eigenvalue weighted by molar-refractivity contribution is 6.32. The molecule has 1 aliphatic heterocycles. The molecular formula is C13H14ClN3O2. The van der Waals surface area contributed by atoms with E-state index in [-0.39, 0.29) is 6.54 Å². The van der Waals surface area contributed by atoms with Gasteiger partial charge in [0.2, 0.25) is 11.7 Å². The molecule has 0 saturated heterocycles. The summed E-state index contributed by atoms with van der Waals surface area (Å²) in [6.07, 6.45) is 1.95. The lowest BCUT2D eigenvalue weighted by atomic mass is 9.96. The van der Waals surface area contributed by atoms with Crippen LogP contribution in [0.5, 0.6) is 5.75 Å². The molecular weight excluding hydrogens is 266 g/mol. The van der Waals surface area contributed by atoms with Crippen LogP contribution in [0.15, 0.2) is 10.6 Å². The Hall–Kier alpha value is -1.59. The monoisotopic (exact) mass is 279 g/mol. The highest BCUT2D eigenvalue weighted by Gasteiger charge is 2.21. The van der Waals surface area contributed by atoms with Crippen molar-refractivity contribution in [1.82, 2.24) is 10.1 Å².